The summed E-state index contributed by atoms with van der Waals surface area (Å²) < 4.78 is 40.8. The average molecular weight is 347 g/mol. The van der Waals surface area contributed by atoms with E-state index in [1.165, 1.54) is 11.3 Å². The summed E-state index contributed by atoms with van der Waals surface area (Å²) in [6, 6.07) is 7.19. The third-order valence-electron chi connectivity index (χ3n) is 4.87. The maximum Gasteiger partial charge on any atom is 0.431 e. The maximum atomic E-state index is 13.0. The van der Waals surface area contributed by atoms with E-state index in [-0.39, 0.29) is 5.65 Å². The zero-order valence-electron chi connectivity index (χ0n) is 14.0. The van der Waals surface area contributed by atoms with E-state index in [9.17, 15) is 13.2 Å². The molecule has 0 saturated carbocycles. The van der Waals surface area contributed by atoms with Crippen LogP contribution in [0.5, 0.6) is 0 Å². The van der Waals surface area contributed by atoms with Crippen LogP contribution in [-0.2, 0) is 12.6 Å². The first-order valence-corrected chi connectivity index (χ1v) is 8.17. The summed E-state index contributed by atoms with van der Waals surface area (Å²) in [6.07, 6.45) is -0.815. The molecule has 4 nitrogen and oxygen atoms in total. The number of hydrogen-bond donors (Lipinski definition) is 1. The number of halogens is 3. The molecular formula is C18H18F3N4+. The first-order chi connectivity index (χ1) is 11.9. The minimum atomic E-state index is -4.41. The molecule has 0 aliphatic carbocycles. The van der Waals surface area contributed by atoms with Crippen LogP contribution in [0.4, 0.5) is 18.9 Å². The van der Waals surface area contributed by atoms with Crippen LogP contribution in [0.1, 0.15) is 23.4 Å². The van der Waals surface area contributed by atoms with Crippen LogP contribution in [0.15, 0.2) is 30.6 Å². The van der Waals surface area contributed by atoms with E-state index in [0.29, 0.717) is 5.39 Å². The minimum absolute atomic E-state index is 0.253. The fourth-order valence-corrected chi connectivity index (χ4v) is 3.56. The van der Waals surface area contributed by atoms with Gasteiger partial charge in [-0.15, -0.1) is 0 Å². The van der Waals surface area contributed by atoms with Crippen molar-refractivity contribution in [1.29, 1.82) is 0 Å². The largest absolute Gasteiger partial charge is 0.431 e. The molecule has 1 aliphatic rings. The van der Waals surface area contributed by atoms with Crippen LogP contribution in [-0.4, -0.2) is 23.6 Å². The zero-order valence-corrected chi connectivity index (χ0v) is 14.0. The molecule has 0 saturated heterocycles. The molecule has 7 heteroatoms. The summed E-state index contributed by atoms with van der Waals surface area (Å²) >= 11 is 0. The van der Waals surface area contributed by atoms with Gasteiger partial charge < -0.3 is 9.88 Å². The summed E-state index contributed by atoms with van der Waals surface area (Å²) in [4.78, 5) is 8.79. The average Bonchev–Trinajstić information content (AvgIpc) is 3.01. The van der Waals surface area contributed by atoms with Crippen LogP contribution in [0, 0.1) is 6.92 Å². The number of fused-ring (bicyclic) bond motifs is 2. The number of aromatic amines is 1. The number of rotatable bonds is 1. The number of nitrogens with zero attached hydrogens (tertiary/aromatic N) is 3. The van der Waals surface area contributed by atoms with E-state index < -0.39 is 11.9 Å². The van der Waals surface area contributed by atoms with Crippen molar-refractivity contribution in [2.24, 2.45) is 0 Å². The summed E-state index contributed by atoms with van der Waals surface area (Å²) in [5.74, 6) is 0. The number of aromatic nitrogens is 3. The standard InChI is InChI=1S/C18H17F3N4/c1-11-13-9-16(18(19,20)21)23-17(13)22-10-25(11)15-7-3-6-14-12(15)5-4-8-24(14)2/h3,6-7,9-10H,4-5,8H2,1-2H3/p+1. The molecular weight excluding hydrogens is 329 g/mol. The highest BCUT2D eigenvalue weighted by Gasteiger charge is 2.34. The third-order valence-corrected chi connectivity index (χ3v) is 4.87. The lowest BCUT2D eigenvalue weighted by atomic mass is 10.00. The summed E-state index contributed by atoms with van der Waals surface area (Å²) in [7, 11) is 2.06. The lowest BCUT2D eigenvalue weighted by molar-refractivity contribution is -0.604. The second-order valence-electron chi connectivity index (χ2n) is 6.44. The van der Waals surface area contributed by atoms with Crippen molar-refractivity contribution in [3.05, 3.63) is 47.5 Å². The number of hydrogen-bond acceptors (Lipinski definition) is 2. The lowest BCUT2D eigenvalue weighted by Crippen LogP contribution is -2.37. The van der Waals surface area contributed by atoms with Crippen molar-refractivity contribution in [2.75, 3.05) is 18.5 Å². The van der Waals surface area contributed by atoms with E-state index >= 15 is 0 Å². The molecule has 0 bridgehead atoms. The number of alkyl halides is 3. The van der Waals surface area contributed by atoms with Crippen LogP contribution in [0.2, 0.25) is 0 Å². The fraction of sp³-hybridized carbons (Fsp3) is 0.333. The molecule has 0 spiro atoms. The molecule has 2 aromatic heterocycles. The van der Waals surface area contributed by atoms with Crippen molar-refractivity contribution >= 4 is 16.7 Å². The van der Waals surface area contributed by atoms with Gasteiger partial charge >= 0.3 is 6.18 Å². The number of anilines is 1. The van der Waals surface area contributed by atoms with E-state index in [1.807, 2.05) is 23.6 Å². The highest BCUT2D eigenvalue weighted by atomic mass is 19.4. The van der Waals surface area contributed by atoms with Crippen LogP contribution < -0.4 is 9.47 Å². The Hall–Kier alpha value is -2.57. The van der Waals surface area contributed by atoms with Gasteiger partial charge in [0, 0.05) is 24.8 Å². The Labute approximate surface area is 142 Å². The van der Waals surface area contributed by atoms with Gasteiger partial charge in [-0.3, -0.25) is 0 Å². The predicted molar refractivity (Wildman–Crippen MR) is 89.0 cm³/mol. The second-order valence-corrected chi connectivity index (χ2v) is 6.44. The normalized spacial score (nSPS) is 14.8. The Kier molecular flexibility index (Phi) is 3.49. The molecule has 3 aromatic rings. The van der Waals surface area contributed by atoms with Gasteiger partial charge in [-0.05, 0) is 42.9 Å². The summed E-state index contributed by atoms with van der Waals surface area (Å²) in [5.41, 5.74) is 3.57. The summed E-state index contributed by atoms with van der Waals surface area (Å²) in [5, 5.41) is 0.483. The molecule has 0 fully saturated rings. The molecule has 25 heavy (non-hydrogen) atoms. The Morgan fingerprint density at radius 2 is 2.08 bits per heavy atom. The van der Waals surface area contributed by atoms with Crippen molar-refractivity contribution in [1.82, 2.24) is 9.97 Å². The van der Waals surface area contributed by atoms with Gasteiger partial charge in [0.2, 0.25) is 0 Å². The highest BCUT2D eigenvalue weighted by molar-refractivity contribution is 5.78. The van der Waals surface area contributed by atoms with Gasteiger partial charge in [0.05, 0.1) is 5.39 Å². The Bertz CT molecular complexity index is 959. The van der Waals surface area contributed by atoms with Crippen LogP contribution in [0.25, 0.3) is 16.7 Å². The second kappa shape index (κ2) is 5.47. The molecule has 0 atom stereocenters. The van der Waals surface area contributed by atoms with Gasteiger partial charge in [0.1, 0.15) is 17.1 Å². The topological polar surface area (TPSA) is 35.8 Å². The lowest BCUT2D eigenvalue weighted by Gasteiger charge is -2.28. The van der Waals surface area contributed by atoms with E-state index in [2.05, 4.69) is 28.0 Å². The molecule has 1 aliphatic heterocycles. The molecule has 4 rings (SSSR count). The quantitative estimate of drug-likeness (QED) is 0.684. The molecule has 1 N–H and O–H groups in total. The molecule has 130 valence electrons. The van der Waals surface area contributed by atoms with E-state index in [0.717, 1.165) is 36.8 Å². The number of nitrogens with one attached hydrogen (secondary N) is 1. The van der Waals surface area contributed by atoms with E-state index in [1.54, 1.807) is 6.33 Å². The molecule has 0 radical (unpaired) electrons. The predicted octanol–water partition coefficient (Wildman–Crippen LogP) is 3.55. The zero-order chi connectivity index (χ0) is 17.8. The van der Waals surface area contributed by atoms with Crippen LogP contribution in [0.3, 0.4) is 0 Å². The van der Waals surface area contributed by atoms with Gasteiger partial charge in [-0.25, -0.2) is 0 Å². The van der Waals surface area contributed by atoms with Gasteiger partial charge in [0.15, 0.2) is 0 Å². The molecule has 1 aromatic carbocycles. The Morgan fingerprint density at radius 1 is 1.28 bits per heavy atom. The smallest absolute Gasteiger partial charge is 0.374 e. The summed E-state index contributed by atoms with van der Waals surface area (Å²) in [6.45, 7) is 2.83. The first-order valence-electron chi connectivity index (χ1n) is 8.17. The van der Waals surface area contributed by atoms with Crippen molar-refractivity contribution in [3.63, 3.8) is 0 Å². The minimum Gasteiger partial charge on any atom is -0.374 e. The van der Waals surface area contributed by atoms with Crippen molar-refractivity contribution in [3.8, 4) is 5.69 Å². The van der Waals surface area contributed by atoms with E-state index in [4.69, 9.17) is 0 Å². The molecule has 0 unspecified atom stereocenters. The Balaban J connectivity index is 1.91. The molecule has 3 heterocycles. The third kappa shape index (κ3) is 2.54. The van der Waals surface area contributed by atoms with Crippen molar-refractivity contribution in [2.45, 2.75) is 25.9 Å². The number of aryl methyl sites for hydroxylation is 1. The first kappa shape index (κ1) is 15.9. The monoisotopic (exact) mass is 347 g/mol. The number of H-pyrrole nitrogens is 1. The SMILES string of the molecule is Cc1c2cc(C(F)(F)F)[nH]c2nc[n+]1-c1cccc2c1CCCN2C. The van der Waals surface area contributed by atoms with Gasteiger partial charge in [-0.2, -0.15) is 17.7 Å². The molecule has 0 amide bonds. The van der Waals surface area contributed by atoms with Crippen LogP contribution >= 0.6 is 0 Å². The maximum absolute atomic E-state index is 13.0. The number of benzene rings is 1. The van der Waals surface area contributed by atoms with Crippen molar-refractivity contribution < 1.29 is 17.7 Å². The Morgan fingerprint density at radius 3 is 2.84 bits per heavy atom. The van der Waals surface area contributed by atoms with Gasteiger partial charge in [0.25, 0.3) is 12.0 Å². The van der Waals surface area contributed by atoms with Gasteiger partial charge in [-0.1, -0.05) is 6.07 Å². The highest BCUT2D eigenvalue weighted by Crippen LogP contribution is 2.32. The fourth-order valence-electron chi connectivity index (χ4n) is 3.56.